The maximum atomic E-state index is 14.0. The van der Waals surface area contributed by atoms with E-state index in [4.69, 9.17) is 25.8 Å². The molecule has 12 heteroatoms. The molecule has 1 amide bonds. The molecule has 1 spiro atoms. The Morgan fingerprint density at radius 2 is 1.77 bits per heavy atom. The van der Waals surface area contributed by atoms with Gasteiger partial charge in [0.2, 0.25) is 0 Å². The predicted molar refractivity (Wildman–Crippen MR) is 201 cm³/mol. The molecule has 0 aromatic heterocycles. The van der Waals surface area contributed by atoms with Crippen molar-refractivity contribution >= 4 is 38.8 Å². The number of nitrogens with one attached hydrogen (secondary N) is 1. The van der Waals surface area contributed by atoms with Crippen molar-refractivity contribution in [3.05, 3.63) is 58.1 Å². The summed E-state index contributed by atoms with van der Waals surface area (Å²) in [5, 5.41) is 0.405. The lowest BCUT2D eigenvalue weighted by atomic mass is 9.64. The zero-order chi connectivity index (χ0) is 36.4. The number of hydrogen-bond donors (Lipinski definition) is 1. The van der Waals surface area contributed by atoms with Crippen LogP contribution in [-0.2, 0) is 31.0 Å². The van der Waals surface area contributed by atoms with Crippen LogP contribution in [0.2, 0.25) is 5.02 Å². The molecular weight excluding hydrogens is 708 g/mol. The van der Waals surface area contributed by atoms with E-state index in [0.717, 1.165) is 80.9 Å². The third-order valence-electron chi connectivity index (χ3n) is 13.3. The summed E-state index contributed by atoms with van der Waals surface area (Å²) in [6, 6.07) is 11.6. The Hall–Kier alpha value is -2.44. The van der Waals surface area contributed by atoms with Gasteiger partial charge in [0.1, 0.15) is 5.75 Å². The average molecular weight is 760 g/mol. The van der Waals surface area contributed by atoms with E-state index in [2.05, 4.69) is 34.5 Å². The fourth-order valence-electron chi connectivity index (χ4n) is 9.84. The molecule has 2 bridgehead atoms. The Morgan fingerprint density at radius 3 is 2.50 bits per heavy atom. The summed E-state index contributed by atoms with van der Waals surface area (Å²) in [5.74, 6) is 2.66. The summed E-state index contributed by atoms with van der Waals surface area (Å²) in [6.07, 6.45) is 7.30. The maximum absolute atomic E-state index is 14.0. The van der Waals surface area contributed by atoms with E-state index in [1.54, 1.807) is 11.0 Å². The Balaban J connectivity index is 1.13. The van der Waals surface area contributed by atoms with Crippen LogP contribution in [0.5, 0.6) is 5.75 Å². The highest BCUT2D eigenvalue weighted by Crippen LogP contribution is 2.49. The molecule has 1 unspecified atom stereocenters. The largest absolute Gasteiger partial charge is 0.490 e. The Morgan fingerprint density at radius 1 is 0.981 bits per heavy atom. The van der Waals surface area contributed by atoms with Crippen LogP contribution in [0.3, 0.4) is 0 Å². The molecule has 7 atom stereocenters. The van der Waals surface area contributed by atoms with Crippen LogP contribution in [0, 0.1) is 23.7 Å². The fourth-order valence-corrected chi connectivity index (χ4v) is 11.5. The molecule has 3 fully saturated rings. The molecule has 2 aromatic carbocycles. The van der Waals surface area contributed by atoms with Crippen LogP contribution < -0.4 is 14.4 Å². The van der Waals surface area contributed by atoms with Crippen molar-refractivity contribution < 1.29 is 32.0 Å². The van der Waals surface area contributed by atoms with E-state index in [0.29, 0.717) is 37.2 Å². The van der Waals surface area contributed by atoms with Gasteiger partial charge < -0.3 is 19.1 Å². The summed E-state index contributed by atoms with van der Waals surface area (Å²) in [7, 11) is -2.96. The van der Waals surface area contributed by atoms with E-state index in [1.807, 2.05) is 25.1 Å². The van der Waals surface area contributed by atoms with Gasteiger partial charge in [-0.15, -0.1) is 0 Å². The molecular formula is C40H52ClF2N3O5S. The monoisotopic (exact) mass is 759 g/mol. The van der Waals surface area contributed by atoms with Gasteiger partial charge >= 0.3 is 0 Å². The highest BCUT2D eigenvalue weighted by molar-refractivity contribution is 7.99. The van der Waals surface area contributed by atoms with Gasteiger partial charge in [0.15, 0.2) is 6.29 Å². The van der Waals surface area contributed by atoms with E-state index >= 15 is 0 Å². The van der Waals surface area contributed by atoms with Crippen LogP contribution in [0.1, 0.15) is 80.3 Å². The molecule has 4 heterocycles. The molecule has 4 aliphatic heterocycles. The Bertz CT molecular complexity index is 1780. The second kappa shape index (κ2) is 14.0. The first-order valence-electron chi connectivity index (χ1n) is 19.1. The van der Waals surface area contributed by atoms with Crippen molar-refractivity contribution in [2.75, 3.05) is 50.9 Å². The molecule has 2 saturated heterocycles. The van der Waals surface area contributed by atoms with E-state index in [9.17, 15) is 17.8 Å². The van der Waals surface area contributed by atoms with E-state index in [-0.39, 0.29) is 47.5 Å². The number of halogens is 3. The topological polar surface area (TPSA) is 80.3 Å². The van der Waals surface area contributed by atoms with Crippen LogP contribution >= 0.6 is 11.6 Å². The maximum Gasteiger partial charge on any atom is 0.272 e. The first-order chi connectivity index (χ1) is 24.8. The molecule has 1 saturated carbocycles. The number of nitrogens with zero attached hydrogens (tertiary/aromatic N) is 2. The highest BCUT2D eigenvalue weighted by atomic mass is 35.5. The van der Waals surface area contributed by atoms with E-state index < -0.39 is 21.9 Å². The summed E-state index contributed by atoms with van der Waals surface area (Å²) < 4.78 is 63.6. The number of alkyl halides is 2. The number of likely N-dealkylation sites (tertiary alicyclic amines) is 1. The average Bonchev–Trinajstić information content (AvgIpc) is 3.24. The number of aryl methyl sites for hydroxylation is 1. The van der Waals surface area contributed by atoms with Gasteiger partial charge in [-0.3, -0.25) is 14.4 Å². The van der Waals surface area contributed by atoms with Gasteiger partial charge in [0, 0.05) is 40.3 Å². The van der Waals surface area contributed by atoms with Gasteiger partial charge in [-0.1, -0.05) is 31.0 Å². The number of hydrogen-bond acceptors (Lipinski definition) is 7. The molecule has 1 N–H and O–H groups in total. The van der Waals surface area contributed by atoms with Crippen molar-refractivity contribution in [2.24, 2.45) is 23.7 Å². The van der Waals surface area contributed by atoms with Gasteiger partial charge in [-0.25, -0.2) is 13.0 Å². The molecule has 8 nitrogen and oxygen atoms in total. The molecule has 6 aliphatic rings. The van der Waals surface area contributed by atoms with Crippen molar-refractivity contribution in [1.29, 1.82) is 0 Å². The zero-order valence-electron chi connectivity index (χ0n) is 30.3. The molecule has 8 rings (SSSR count). The van der Waals surface area contributed by atoms with Crippen LogP contribution in [-0.4, -0.2) is 90.4 Å². The van der Waals surface area contributed by atoms with Crippen LogP contribution in [0.25, 0.3) is 0 Å². The summed E-state index contributed by atoms with van der Waals surface area (Å²) in [6.45, 7) is 6.32. The number of fused-ring (bicyclic) bond motifs is 4. The molecule has 52 heavy (non-hydrogen) atoms. The van der Waals surface area contributed by atoms with Crippen molar-refractivity contribution in [3.8, 4) is 5.75 Å². The number of rotatable bonds is 2. The quantitative estimate of drug-likeness (QED) is 0.341. The molecule has 0 radical (unpaired) electrons. The minimum atomic E-state index is -2.96. The normalized spacial score (nSPS) is 38.1. The number of ether oxygens (including phenoxy) is 3. The Kier molecular flexibility index (Phi) is 9.84. The second-order valence-corrected chi connectivity index (χ2v) is 19.5. The molecule has 2 aliphatic carbocycles. The van der Waals surface area contributed by atoms with Crippen molar-refractivity contribution in [1.82, 2.24) is 9.62 Å². The smallest absolute Gasteiger partial charge is 0.272 e. The van der Waals surface area contributed by atoms with Gasteiger partial charge in [0.05, 0.1) is 54.3 Å². The highest BCUT2D eigenvalue weighted by Gasteiger charge is 2.50. The van der Waals surface area contributed by atoms with Gasteiger partial charge in [-0.05, 0) is 117 Å². The SMILES string of the molecule is C=S1(=O)NC(=O)c2ccc3c(c2)N(C[C@@H]2CC[C@H]2[C@@H](C2OCC(N4CC(F)(F)C4)CO2)CCC[C@H](C)[C@H]1C)C[C@@]1(CCCc2cc(Cl)ccc21)CO3. The number of anilines is 1. The first kappa shape index (κ1) is 36.5. The minimum Gasteiger partial charge on any atom is -0.490 e. The zero-order valence-corrected chi connectivity index (χ0v) is 31.9. The third kappa shape index (κ3) is 6.98. The fraction of sp³-hybridized carbons (Fsp3) is 0.650. The van der Waals surface area contributed by atoms with Crippen LogP contribution in [0.15, 0.2) is 36.4 Å². The number of benzene rings is 2. The number of carbonyl (C=O) groups is 1. The standard InChI is InChI=1S/C40H52ClF2N3O5S/c1-25-6-4-8-33(38-49-19-31(20-50-38)46-22-40(42,43)23-46)32-12-9-29(32)18-45-21-39(15-5-7-27-16-30(41)11-13-34(27)39)24-51-36-14-10-28(17-35(36)45)37(47)44-52(3,48)26(25)2/h10-11,13-14,16-17,25-26,29,31-33,38H,3-9,12,15,18-24H2,1-2H3,(H,44,47,48)/t25-,26+,29-,31?,32+,33-,38?,39-,52?/m0/s1. The van der Waals surface area contributed by atoms with E-state index in [1.165, 1.54) is 11.1 Å². The summed E-state index contributed by atoms with van der Waals surface area (Å²) in [5.41, 5.74) is 3.59. The predicted octanol–water partition coefficient (Wildman–Crippen LogP) is 6.72. The van der Waals surface area contributed by atoms with Crippen molar-refractivity contribution in [2.45, 2.75) is 94.1 Å². The second-order valence-electron chi connectivity index (χ2n) is 16.7. The molecule has 2 aromatic rings. The number of carbonyl (C=O) groups excluding carboxylic acids is 1. The number of amides is 1. The minimum absolute atomic E-state index is 0.0575. The van der Waals surface area contributed by atoms with Crippen LogP contribution in [0.4, 0.5) is 14.5 Å². The third-order valence-corrected chi connectivity index (χ3v) is 15.7. The molecule has 284 valence electrons. The lowest BCUT2D eigenvalue weighted by Crippen LogP contribution is -2.63. The summed E-state index contributed by atoms with van der Waals surface area (Å²) >= 11 is 6.48. The van der Waals surface area contributed by atoms with Gasteiger partial charge in [0.25, 0.3) is 11.8 Å². The Labute approximate surface area is 312 Å². The summed E-state index contributed by atoms with van der Waals surface area (Å²) in [4.78, 5) is 17.9. The van der Waals surface area contributed by atoms with Crippen molar-refractivity contribution in [3.63, 3.8) is 0 Å². The lowest BCUT2D eigenvalue weighted by molar-refractivity contribution is -0.260. The van der Waals surface area contributed by atoms with Gasteiger partial charge in [-0.2, -0.15) is 0 Å². The lowest BCUT2D eigenvalue weighted by Gasteiger charge is -2.50. The first-order valence-corrected chi connectivity index (χ1v) is 21.3.